The minimum absolute atomic E-state index is 0.124. The molecule has 4 heteroatoms. The van der Waals surface area contributed by atoms with E-state index >= 15 is 0 Å². The van der Waals surface area contributed by atoms with Crippen molar-refractivity contribution >= 4 is 5.69 Å². The Morgan fingerprint density at radius 3 is 2.62 bits per heavy atom. The maximum atomic E-state index is 6.40. The number of piperazine rings is 1. The predicted molar refractivity (Wildman–Crippen MR) is 86.9 cm³/mol. The molecule has 2 fully saturated rings. The smallest absolute Gasteiger partial charge is 0.0659 e. The van der Waals surface area contributed by atoms with Gasteiger partial charge >= 0.3 is 0 Å². The molecule has 2 saturated heterocycles. The summed E-state index contributed by atoms with van der Waals surface area (Å²) in [6.45, 7) is 11.3. The lowest BCUT2D eigenvalue weighted by molar-refractivity contribution is 0.149. The molecule has 21 heavy (non-hydrogen) atoms. The highest BCUT2D eigenvalue weighted by molar-refractivity contribution is 5.56. The van der Waals surface area contributed by atoms with Gasteiger partial charge in [-0.1, -0.05) is 12.1 Å². The van der Waals surface area contributed by atoms with Crippen LogP contribution >= 0.6 is 0 Å². The molecule has 0 spiro atoms. The summed E-state index contributed by atoms with van der Waals surface area (Å²) >= 11 is 0. The Labute approximate surface area is 127 Å². The minimum atomic E-state index is -0.124. The molecule has 0 aromatic heterocycles. The van der Waals surface area contributed by atoms with E-state index in [1.165, 1.54) is 16.8 Å². The average Bonchev–Trinajstić information content (AvgIpc) is 2.89. The van der Waals surface area contributed by atoms with E-state index in [0.717, 1.165) is 45.8 Å². The molecule has 0 radical (unpaired) electrons. The summed E-state index contributed by atoms with van der Waals surface area (Å²) in [5.41, 5.74) is 10.4. The summed E-state index contributed by atoms with van der Waals surface area (Å²) in [5, 5.41) is 0. The van der Waals surface area contributed by atoms with Gasteiger partial charge in [0.15, 0.2) is 0 Å². The van der Waals surface area contributed by atoms with Gasteiger partial charge in [-0.15, -0.1) is 0 Å². The molecule has 4 nitrogen and oxygen atoms in total. The normalized spacial score (nSPS) is 27.3. The Kier molecular flexibility index (Phi) is 4.20. The topological polar surface area (TPSA) is 41.7 Å². The van der Waals surface area contributed by atoms with E-state index in [0.29, 0.717) is 6.61 Å². The van der Waals surface area contributed by atoms with Gasteiger partial charge < -0.3 is 15.4 Å². The number of anilines is 1. The second-order valence-electron chi connectivity index (χ2n) is 6.65. The summed E-state index contributed by atoms with van der Waals surface area (Å²) in [7, 11) is 0. The number of nitrogens with two attached hydrogens (primary N) is 1. The van der Waals surface area contributed by atoms with Crippen molar-refractivity contribution in [3.8, 4) is 0 Å². The first kappa shape index (κ1) is 14.8. The zero-order chi connectivity index (χ0) is 14.9. The van der Waals surface area contributed by atoms with Crippen molar-refractivity contribution in [1.82, 2.24) is 4.90 Å². The zero-order valence-electron chi connectivity index (χ0n) is 13.3. The molecule has 3 rings (SSSR count). The third-order valence-corrected chi connectivity index (χ3v) is 4.96. The number of ether oxygens (including phenoxy) is 1. The lowest BCUT2D eigenvalue weighted by atomic mass is 9.99. The van der Waals surface area contributed by atoms with Crippen molar-refractivity contribution < 1.29 is 4.74 Å². The molecule has 0 bridgehead atoms. The number of benzene rings is 1. The van der Waals surface area contributed by atoms with Crippen LogP contribution in [-0.2, 0) is 4.74 Å². The lowest BCUT2D eigenvalue weighted by Crippen LogP contribution is -2.56. The first-order valence-electron chi connectivity index (χ1n) is 7.98. The maximum absolute atomic E-state index is 6.40. The second-order valence-corrected chi connectivity index (χ2v) is 6.65. The van der Waals surface area contributed by atoms with Crippen LogP contribution in [0.5, 0.6) is 0 Å². The standard InChI is InChI=1S/C17H27N3O/c1-14-4-3-5-16(15(14)2)20-9-7-19(8-10-20)12-17(18)6-11-21-13-17/h3-5H,6-13,18H2,1-2H3. The number of rotatable bonds is 3. The van der Waals surface area contributed by atoms with Gasteiger partial charge in [0.1, 0.15) is 0 Å². The third-order valence-electron chi connectivity index (χ3n) is 4.96. The average molecular weight is 289 g/mol. The van der Waals surface area contributed by atoms with Crippen LogP contribution in [0.15, 0.2) is 18.2 Å². The van der Waals surface area contributed by atoms with Gasteiger partial charge in [-0.3, -0.25) is 4.90 Å². The lowest BCUT2D eigenvalue weighted by Gasteiger charge is -2.39. The molecule has 1 atom stereocenters. The van der Waals surface area contributed by atoms with Crippen molar-refractivity contribution in [2.24, 2.45) is 5.73 Å². The van der Waals surface area contributed by atoms with Crippen LogP contribution in [0.1, 0.15) is 17.5 Å². The minimum Gasteiger partial charge on any atom is -0.379 e. The molecule has 2 N–H and O–H groups in total. The Morgan fingerprint density at radius 1 is 1.19 bits per heavy atom. The van der Waals surface area contributed by atoms with E-state index in [4.69, 9.17) is 10.5 Å². The maximum Gasteiger partial charge on any atom is 0.0659 e. The van der Waals surface area contributed by atoms with Crippen molar-refractivity contribution in [3.05, 3.63) is 29.3 Å². The fraction of sp³-hybridized carbons (Fsp3) is 0.647. The highest BCUT2D eigenvalue weighted by Crippen LogP contribution is 2.24. The van der Waals surface area contributed by atoms with E-state index in [1.807, 2.05) is 0 Å². The molecule has 1 unspecified atom stereocenters. The molecular weight excluding hydrogens is 262 g/mol. The van der Waals surface area contributed by atoms with Crippen molar-refractivity contribution in [2.75, 3.05) is 50.8 Å². The van der Waals surface area contributed by atoms with Gasteiger partial charge in [0.05, 0.1) is 12.1 Å². The fourth-order valence-corrected chi connectivity index (χ4v) is 3.42. The van der Waals surface area contributed by atoms with Crippen LogP contribution in [0.4, 0.5) is 5.69 Å². The van der Waals surface area contributed by atoms with Gasteiger partial charge in [0, 0.05) is 45.0 Å². The largest absolute Gasteiger partial charge is 0.379 e. The first-order valence-corrected chi connectivity index (χ1v) is 7.98. The predicted octanol–water partition coefficient (Wildman–Crippen LogP) is 1.54. The Morgan fingerprint density at radius 2 is 1.95 bits per heavy atom. The monoisotopic (exact) mass is 289 g/mol. The highest BCUT2D eigenvalue weighted by Gasteiger charge is 2.33. The highest BCUT2D eigenvalue weighted by atomic mass is 16.5. The molecule has 1 aromatic carbocycles. The van der Waals surface area contributed by atoms with E-state index in [9.17, 15) is 0 Å². The molecule has 0 aliphatic carbocycles. The van der Waals surface area contributed by atoms with E-state index < -0.39 is 0 Å². The van der Waals surface area contributed by atoms with Gasteiger partial charge in [-0.25, -0.2) is 0 Å². The summed E-state index contributed by atoms with van der Waals surface area (Å²) in [5.74, 6) is 0. The van der Waals surface area contributed by atoms with E-state index in [2.05, 4.69) is 41.8 Å². The molecule has 0 amide bonds. The zero-order valence-corrected chi connectivity index (χ0v) is 13.3. The van der Waals surface area contributed by atoms with Gasteiger partial charge in [0.25, 0.3) is 0 Å². The molecule has 116 valence electrons. The van der Waals surface area contributed by atoms with Crippen LogP contribution in [-0.4, -0.2) is 56.4 Å². The number of hydrogen-bond donors (Lipinski definition) is 1. The molecule has 0 saturated carbocycles. The van der Waals surface area contributed by atoms with Crippen LogP contribution in [0.25, 0.3) is 0 Å². The fourth-order valence-electron chi connectivity index (χ4n) is 3.42. The van der Waals surface area contributed by atoms with Crippen LogP contribution in [0.3, 0.4) is 0 Å². The van der Waals surface area contributed by atoms with Gasteiger partial charge in [-0.2, -0.15) is 0 Å². The van der Waals surface area contributed by atoms with Crippen LogP contribution < -0.4 is 10.6 Å². The Balaban J connectivity index is 1.59. The van der Waals surface area contributed by atoms with Crippen molar-refractivity contribution in [1.29, 1.82) is 0 Å². The van der Waals surface area contributed by atoms with Gasteiger partial charge in [0.2, 0.25) is 0 Å². The molecule has 2 heterocycles. The third kappa shape index (κ3) is 3.23. The Hall–Kier alpha value is -1.10. The summed E-state index contributed by atoms with van der Waals surface area (Å²) in [6.07, 6.45) is 0.990. The first-order chi connectivity index (χ1) is 10.1. The summed E-state index contributed by atoms with van der Waals surface area (Å²) in [6, 6.07) is 6.59. The second kappa shape index (κ2) is 5.95. The van der Waals surface area contributed by atoms with Crippen LogP contribution in [0, 0.1) is 13.8 Å². The SMILES string of the molecule is Cc1cccc(N2CCN(CC3(N)CCOC3)CC2)c1C. The number of hydrogen-bond acceptors (Lipinski definition) is 4. The molecular formula is C17H27N3O. The Bertz CT molecular complexity index is 489. The van der Waals surface area contributed by atoms with E-state index in [1.54, 1.807) is 0 Å². The molecule has 2 aliphatic heterocycles. The van der Waals surface area contributed by atoms with E-state index in [-0.39, 0.29) is 5.54 Å². The van der Waals surface area contributed by atoms with Crippen molar-refractivity contribution in [3.63, 3.8) is 0 Å². The summed E-state index contributed by atoms with van der Waals surface area (Å²) in [4.78, 5) is 5.00. The molecule has 1 aromatic rings. The quantitative estimate of drug-likeness (QED) is 0.916. The number of aryl methyl sites for hydroxylation is 1. The van der Waals surface area contributed by atoms with Crippen molar-refractivity contribution in [2.45, 2.75) is 25.8 Å². The number of nitrogens with zero attached hydrogens (tertiary/aromatic N) is 2. The summed E-state index contributed by atoms with van der Waals surface area (Å²) < 4.78 is 5.46. The molecule has 2 aliphatic rings. The van der Waals surface area contributed by atoms with Crippen LogP contribution in [0.2, 0.25) is 0 Å². The van der Waals surface area contributed by atoms with Gasteiger partial charge in [-0.05, 0) is 37.5 Å².